The Hall–Kier alpha value is -2.25. The molecule has 1 aliphatic heterocycles. The maximum atomic E-state index is 12.7. The summed E-state index contributed by atoms with van der Waals surface area (Å²) < 4.78 is 28.1. The van der Waals surface area contributed by atoms with E-state index in [1.807, 2.05) is 0 Å². The van der Waals surface area contributed by atoms with Gasteiger partial charge in [0.2, 0.25) is 10.0 Å². The van der Waals surface area contributed by atoms with Crippen LogP contribution in [0.4, 0.5) is 5.69 Å². The average molecular weight is 371 g/mol. The highest BCUT2D eigenvalue weighted by Crippen LogP contribution is 2.31. The van der Waals surface area contributed by atoms with Gasteiger partial charge in [0.05, 0.1) is 10.5 Å². The van der Waals surface area contributed by atoms with Crippen LogP contribution in [0.25, 0.3) is 0 Å². The number of pyridine rings is 1. The van der Waals surface area contributed by atoms with E-state index in [-0.39, 0.29) is 16.8 Å². The number of nitrogens with one attached hydrogen (secondary N) is 1. The van der Waals surface area contributed by atoms with E-state index in [4.69, 9.17) is 0 Å². The number of amides is 1. The summed E-state index contributed by atoms with van der Waals surface area (Å²) in [6.45, 7) is 0.544. The molecule has 2 aromatic rings. The fourth-order valence-electron chi connectivity index (χ4n) is 3.73. The Bertz CT molecular complexity index is 922. The first-order valence-electron chi connectivity index (χ1n) is 8.92. The third-order valence-electron chi connectivity index (χ3n) is 5.09. The number of rotatable bonds is 4. The average Bonchev–Trinajstić information content (AvgIpc) is 3.30. The molecule has 4 rings (SSSR count). The predicted octanol–water partition coefficient (Wildman–Crippen LogP) is 2.51. The highest BCUT2D eigenvalue weighted by atomic mass is 32.2. The molecule has 1 saturated carbocycles. The number of benzene rings is 1. The molecule has 1 N–H and O–H groups in total. The summed E-state index contributed by atoms with van der Waals surface area (Å²) in [5.41, 5.74) is 2.19. The van der Waals surface area contributed by atoms with Gasteiger partial charge < -0.3 is 4.90 Å². The van der Waals surface area contributed by atoms with Crippen LogP contribution in [0.5, 0.6) is 0 Å². The number of anilines is 1. The number of carbonyl (C=O) groups is 1. The summed E-state index contributed by atoms with van der Waals surface area (Å²) >= 11 is 0. The molecule has 1 amide bonds. The topological polar surface area (TPSA) is 79.4 Å². The van der Waals surface area contributed by atoms with Crippen molar-refractivity contribution in [1.82, 2.24) is 9.71 Å². The third-order valence-corrected chi connectivity index (χ3v) is 6.61. The number of fused-ring (bicyclic) bond motifs is 1. The van der Waals surface area contributed by atoms with Crippen LogP contribution < -0.4 is 9.62 Å². The van der Waals surface area contributed by atoms with Crippen molar-refractivity contribution < 1.29 is 13.2 Å². The van der Waals surface area contributed by atoms with E-state index in [0.29, 0.717) is 18.5 Å². The molecule has 0 spiro atoms. The Morgan fingerprint density at radius 1 is 1.19 bits per heavy atom. The summed E-state index contributed by atoms with van der Waals surface area (Å²) in [7, 11) is -3.52. The van der Waals surface area contributed by atoms with E-state index in [1.165, 1.54) is 0 Å². The van der Waals surface area contributed by atoms with Gasteiger partial charge in [0, 0.05) is 30.7 Å². The maximum Gasteiger partial charge on any atom is 0.259 e. The summed E-state index contributed by atoms with van der Waals surface area (Å²) in [6, 6.07) is 8.53. The van der Waals surface area contributed by atoms with E-state index in [9.17, 15) is 13.2 Å². The molecule has 2 heterocycles. The Kier molecular flexibility index (Phi) is 4.50. The molecular formula is C19H21N3O3S. The number of sulfonamides is 1. The van der Waals surface area contributed by atoms with Crippen LogP contribution in [-0.4, -0.2) is 31.9 Å². The smallest absolute Gasteiger partial charge is 0.259 e. The summed E-state index contributed by atoms with van der Waals surface area (Å²) in [6.07, 6.45) is 7.77. The van der Waals surface area contributed by atoms with Crippen molar-refractivity contribution in [1.29, 1.82) is 0 Å². The van der Waals surface area contributed by atoms with Gasteiger partial charge in [0.1, 0.15) is 0 Å². The lowest BCUT2D eigenvalue weighted by Gasteiger charge is -2.18. The number of aromatic nitrogens is 1. The number of nitrogens with zero attached hydrogens (tertiary/aromatic N) is 2. The van der Waals surface area contributed by atoms with Gasteiger partial charge in [0.15, 0.2) is 0 Å². The molecule has 2 aliphatic rings. The Labute approximate surface area is 153 Å². The van der Waals surface area contributed by atoms with E-state index < -0.39 is 10.0 Å². The van der Waals surface area contributed by atoms with Crippen molar-refractivity contribution >= 4 is 21.6 Å². The van der Waals surface area contributed by atoms with E-state index in [1.54, 1.807) is 47.6 Å². The highest BCUT2D eigenvalue weighted by molar-refractivity contribution is 7.89. The first-order valence-corrected chi connectivity index (χ1v) is 10.4. The molecule has 1 aromatic heterocycles. The second-order valence-electron chi connectivity index (χ2n) is 6.84. The lowest BCUT2D eigenvalue weighted by Crippen LogP contribution is -2.32. The molecule has 0 bridgehead atoms. The lowest BCUT2D eigenvalue weighted by atomic mass is 10.2. The van der Waals surface area contributed by atoms with Crippen LogP contribution in [0, 0.1) is 0 Å². The lowest BCUT2D eigenvalue weighted by molar-refractivity contribution is 0.0989. The van der Waals surface area contributed by atoms with Gasteiger partial charge in [-0.15, -0.1) is 0 Å². The largest absolute Gasteiger partial charge is 0.308 e. The van der Waals surface area contributed by atoms with Crippen molar-refractivity contribution in [2.45, 2.75) is 43.0 Å². The quantitative estimate of drug-likeness (QED) is 0.896. The standard InChI is InChI=1S/C19H21N3O3S/c23-19(15-4-3-10-20-13-15)22-11-9-14-12-17(7-8-18(14)22)26(24,25)21-16-5-1-2-6-16/h3-4,7-8,10,12-13,16,21H,1-2,5-6,9,11H2. The van der Waals surface area contributed by atoms with Crippen LogP contribution in [0.2, 0.25) is 0 Å². The minimum atomic E-state index is -3.52. The van der Waals surface area contributed by atoms with Gasteiger partial charge in [0.25, 0.3) is 5.91 Å². The second-order valence-corrected chi connectivity index (χ2v) is 8.56. The summed E-state index contributed by atoms with van der Waals surface area (Å²) in [5.74, 6) is -0.114. The Morgan fingerprint density at radius 3 is 2.73 bits per heavy atom. The molecule has 0 atom stereocenters. The second kappa shape index (κ2) is 6.81. The van der Waals surface area contributed by atoms with Crippen LogP contribution >= 0.6 is 0 Å². The fraction of sp³-hybridized carbons (Fsp3) is 0.368. The Morgan fingerprint density at radius 2 is 2.00 bits per heavy atom. The normalized spacial score (nSPS) is 17.5. The summed E-state index contributed by atoms with van der Waals surface area (Å²) in [5, 5.41) is 0. The van der Waals surface area contributed by atoms with Gasteiger partial charge >= 0.3 is 0 Å². The van der Waals surface area contributed by atoms with Crippen molar-refractivity contribution in [3.8, 4) is 0 Å². The van der Waals surface area contributed by atoms with Gasteiger partial charge in [-0.05, 0) is 55.2 Å². The predicted molar refractivity (Wildman–Crippen MR) is 98.6 cm³/mol. The molecule has 136 valence electrons. The number of hydrogen-bond acceptors (Lipinski definition) is 4. The first-order chi connectivity index (χ1) is 12.5. The van der Waals surface area contributed by atoms with Crippen LogP contribution in [-0.2, 0) is 16.4 Å². The zero-order valence-electron chi connectivity index (χ0n) is 14.4. The van der Waals surface area contributed by atoms with Gasteiger partial charge in [-0.3, -0.25) is 9.78 Å². The van der Waals surface area contributed by atoms with Gasteiger partial charge in [-0.1, -0.05) is 12.8 Å². The molecule has 0 radical (unpaired) electrons. The molecular weight excluding hydrogens is 350 g/mol. The van der Waals surface area contributed by atoms with Gasteiger partial charge in [-0.2, -0.15) is 0 Å². The number of hydrogen-bond donors (Lipinski definition) is 1. The fourth-order valence-corrected chi connectivity index (χ4v) is 5.09. The van der Waals surface area contributed by atoms with Crippen molar-refractivity contribution in [2.75, 3.05) is 11.4 Å². The minimum absolute atomic E-state index is 0.0388. The molecule has 0 saturated heterocycles. The number of carbonyl (C=O) groups excluding carboxylic acids is 1. The molecule has 1 fully saturated rings. The molecule has 6 nitrogen and oxygen atoms in total. The SMILES string of the molecule is O=C(c1cccnc1)N1CCc2cc(S(=O)(=O)NC3CCCC3)ccc21. The van der Waals surface area contributed by atoms with E-state index in [2.05, 4.69) is 9.71 Å². The van der Waals surface area contributed by atoms with Crippen LogP contribution in [0.15, 0.2) is 47.6 Å². The highest BCUT2D eigenvalue weighted by Gasteiger charge is 2.28. The third kappa shape index (κ3) is 3.24. The zero-order valence-corrected chi connectivity index (χ0v) is 15.2. The Balaban J connectivity index is 1.57. The molecule has 1 aromatic carbocycles. The molecule has 1 aliphatic carbocycles. The minimum Gasteiger partial charge on any atom is -0.308 e. The van der Waals surface area contributed by atoms with E-state index >= 15 is 0 Å². The van der Waals surface area contributed by atoms with E-state index in [0.717, 1.165) is 36.9 Å². The first kappa shape index (κ1) is 17.2. The molecule has 7 heteroatoms. The maximum absolute atomic E-state index is 12.7. The monoisotopic (exact) mass is 371 g/mol. The molecule has 0 unspecified atom stereocenters. The summed E-state index contributed by atoms with van der Waals surface area (Å²) in [4.78, 5) is 18.6. The van der Waals surface area contributed by atoms with Crippen molar-refractivity contribution in [3.05, 3.63) is 53.9 Å². The van der Waals surface area contributed by atoms with Crippen LogP contribution in [0.1, 0.15) is 41.6 Å². The zero-order chi connectivity index (χ0) is 18.1. The van der Waals surface area contributed by atoms with Crippen molar-refractivity contribution in [3.63, 3.8) is 0 Å². The molecule has 26 heavy (non-hydrogen) atoms. The van der Waals surface area contributed by atoms with Crippen molar-refractivity contribution in [2.24, 2.45) is 0 Å². The van der Waals surface area contributed by atoms with Crippen LogP contribution in [0.3, 0.4) is 0 Å². The van der Waals surface area contributed by atoms with Gasteiger partial charge in [-0.25, -0.2) is 13.1 Å².